The SMILES string of the molecule is CC(Oc1ccccc1F)C(=O)N1C[C@H](O)C[C@H]1C(=O)O. The van der Waals surface area contributed by atoms with E-state index in [4.69, 9.17) is 9.84 Å². The first-order valence-corrected chi connectivity index (χ1v) is 6.52. The first-order valence-electron chi connectivity index (χ1n) is 6.52. The Labute approximate surface area is 120 Å². The average Bonchev–Trinajstić information content (AvgIpc) is 2.82. The molecule has 114 valence electrons. The number of carbonyl (C=O) groups excluding carboxylic acids is 1. The van der Waals surface area contributed by atoms with Crippen molar-refractivity contribution in [3.63, 3.8) is 0 Å². The highest BCUT2D eigenvalue weighted by Crippen LogP contribution is 2.22. The van der Waals surface area contributed by atoms with Gasteiger partial charge in [-0.25, -0.2) is 9.18 Å². The van der Waals surface area contributed by atoms with Crippen LogP contribution in [0.4, 0.5) is 4.39 Å². The maximum atomic E-state index is 13.5. The van der Waals surface area contributed by atoms with Gasteiger partial charge >= 0.3 is 5.97 Å². The van der Waals surface area contributed by atoms with Gasteiger partial charge < -0.3 is 19.8 Å². The standard InChI is InChI=1S/C14H16FNO5/c1-8(21-12-5-3-2-4-10(12)15)13(18)16-7-9(17)6-11(16)14(19)20/h2-5,8-9,11,17H,6-7H2,1H3,(H,19,20)/t8?,9-,11+/m1/s1. The van der Waals surface area contributed by atoms with Crippen LogP contribution in [0, 0.1) is 5.82 Å². The number of ether oxygens (including phenoxy) is 1. The van der Waals surface area contributed by atoms with E-state index >= 15 is 0 Å². The van der Waals surface area contributed by atoms with Gasteiger partial charge in [0.05, 0.1) is 6.10 Å². The second-order valence-electron chi connectivity index (χ2n) is 4.92. The second-order valence-corrected chi connectivity index (χ2v) is 4.92. The van der Waals surface area contributed by atoms with Crippen molar-refractivity contribution in [2.24, 2.45) is 0 Å². The third-order valence-corrected chi connectivity index (χ3v) is 3.34. The summed E-state index contributed by atoms with van der Waals surface area (Å²) in [6.07, 6.45) is -1.95. The Morgan fingerprint density at radius 2 is 2.10 bits per heavy atom. The number of benzene rings is 1. The number of halogens is 1. The molecule has 1 unspecified atom stereocenters. The minimum atomic E-state index is -1.18. The van der Waals surface area contributed by atoms with Crippen molar-refractivity contribution in [3.05, 3.63) is 30.1 Å². The van der Waals surface area contributed by atoms with Crippen molar-refractivity contribution >= 4 is 11.9 Å². The molecule has 3 atom stereocenters. The lowest BCUT2D eigenvalue weighted by Crippen LogP contribution is -2.46. The lowest BCUT2D eigenvalue weighted by molar-refractivity contribution is -0.151. The molecule has 1 aliphatic heterocycles. The fourth-order valence-corrected chi connectivity index (χ4v) is 2.31. The van der Waals surface area contributed by atoms with E-state index in [9.17, 15) is 19.1 Å². The molecule has 1 aliphatic rings. The molecule has 0 aromatic heterocycles. The molecule has 21 heavy (non-hydrogen) atoms. The monoisotopic (exact) mass is 297 g/mol. The van der Waals surface area contributed by atoms with Gasteiger partial charge in [-0.3, -0.25) is 4.79 Å². The largest absolute Gasteiger partial charge is 0.480 e. The Hall–Kier alpha value is -2.15. The summed E-state index contributed by atoms with van der Waals surface area (Å²) in [6.45, 7) is 1.35. The summed E-state index contributed by atoms with van der Waals surface area (Å²) in [4.78, 5) is 24.4. The summed E-state index contributed by atoms with van der Waals surface area (Å²) in [6, 6.07) is 4.55. The Balaban J connectivity index is 2.08. The van der Waals surface area contributed by atoms with Gasteiger partial charge in [-0.1, -0.05) is 12.1 Å². The van der Waals surface area contributed by atoms with E-state index in [1.165, 1.54) is 25.1 Å². The minimum Gasteiger partial charge on any atom is -0.480 e. The number of carbonyl (C=O) groups is 2. The van der Waals surface area contributed by atoms with Crippen LogP contribution >= 0.6 is 0 Å². The molecule has 0 aliphatic carbocycles. The first kappa shape index (κ1) is 15.2. The molecule has 7 heteroatoms. The number of para-hydroxylation sites is 1. The molecule has 2 rings (SSSR count). The number of β-amino-alcohol motifs (C(OH)–C–C–N with tert-alkyl or cyclic N) is 1. The van der Waals surface area contributed by atoms with E-state index in [-0.39, 0.29) is 18.7 Å². The van der Waals surface area contributed by atoms with Gasteiger partial charge in [-0.2, -0.15) is 0 Å². The van der Waals surface area contributed by atoms with Gasteiger partial charge in [0.25, 0.3) is 5.91 Å². The Bertz CT molecular complexity index is 550. The van der Waals surface area contributed by atoms with Crippen molar-refractivity contribution in [1.82, 2.24) is 4.90 Å². The second kappa shape index (κ2) is 6.09. The normalized spacial score (nSPS) is 22.9. The smallest absolute Gasteiger partial charge is 0.326 e. The maximum absolute atomic E-state index is 13.5. The molecule has 0 bridgehead atoms. The summed E-state index contributed by atoms with van der Waals surface area (Å²) < 4.78 is 18.7. The highest BCUT2D eigenvalue weighted by atomic mass is 19.1. The number of aliphatic hydroxyl groups excluding tert-OH is 1. The fourth-order valence-electron chi connectivity index (χ4n) is 2.31. The average molecular weight is 297 g/mol. The lowest BCUT2D eigenvalue weighted by Gasteiger charge is -2.25. The molecule has 1 fully saturated rings. The summed E-state index contributed by atoms with van der Waals surface area (Å²) >= 11 is 0. The number of nitrogens with zero attached hydrogens (tertiary/aromatic N) is 1. The van der Waals surface area contributed by atoms with Crippen molar-refractivity contribution in [2.75, 3.05) is 6.54 Å². The summed E-state index contributed by atoms with van der Waals surface area (Å²) in [7, 11) is 0. The zero-order valence-corrected chi connectivity index (χ0v) is 11.4. The van der Waals surface area contributed by atoms with Crippen molar-refractivity contribution < 1.29 is 28.9 Å². The molecule has 6 nitrogen and oxygen atoms in total. The third-order valence-electron chi connectivity index (χ3n) is 3.34. The van der Waals surface area contributed by atoms with Crippen LogP contribution in [-0.4, -0.2) is 51.8 Å². The van der Waals surface area contributed by atoms with E-state index in [0.717, 1.165) is 4.90 Å². The number of amides is 1. The summed E-state index contributed by atoms with van der Waals surface area (Å²) in [5.74, 6) is -2.46. The molecule has 1 amide bonds. The van der Waals surface area contributed by atoms with Crippen molar-refractivity contribution in [3.8, 4) is 5.75 Å². The van der Waals surface area contributed by atoms with Gasteiger partial charge in [-0.05, 0) is 19.1 Å². The summed E-state index contributed by atoms with van der Waals surface area (Å²) in [5, 5.41) is 18.6. The zero-order valence-electron chi connectivity index (χ0n) is 11.4. The predicted octanol–water partition coefficient (Wildman–Crippen LogP) is 0.639. The number of carboxylic acids is 1. The molecule has 1 saturated heterocycles. The number of carboxylic acid groups (broad SMARTS) is 1. The maximum Gasteiger partial charge on any atom is 0.326 e. The molecular weight excluding hydrogens is 281 g/mol. The highest BCUT2D eigenvalue weighted by molar-refractivity contribution is 5.87. The molecule has 2 N–H and O–H groups in total. The van der Waals surface area contributed by atoms with Gasteiger partial charge in [0.15, 0.2) is 17.7 Å². The van der Waals surface area contributed by atoms with E-state index < -0.39 is 35.9 Å². The highest BCUT2D eigenvalue weighted by Gasteiger charge is 2.40. The van der Waals surface area contributed by atoms with Crippen LogP contribution in [0.15, 0.2) is 24.3 Å². The van der Waals surface area contributed by atoms with E-state index in [2.05, 4.69) is 0 Å². The number of hydrogen-bond acceptors (Lipinski definition) is 4. The van der Waals surface area contributed by atoms with Gasteiger partial charge in [-0.15, -0.1) is 0 Å². The molecule has 0 saturated carbocycles. The van der Waals surface area contributed by atoms with Crippen LogP contribution in [0.5, 0.6) is 5.75 Å². The number of aliphatic carboxylic acids is 1. The molecule has 1 aromatic carbocycles. The Kier molecular flexibility index (Phi) is 4.42. The third kappa shape index (κ3) is 3.30. The quantitative estimate of drug-likeness (QED) is 0.851. The molecule has 1 heterocycles. The molecule has 0 radical (unpaired) electrons. The van der Waals surface area contributed by atoms with E-state index in [1.54, 1.807) is 6.07 Å². The van der Waals surface area contributed by atoms with E-state index in [1.807, 2.05) is 0 Å². The number of hydrogen-bond donors (Lipinski definition) is 2. The molecular formula is C14H16FNO5. The number of aliphatic hydroxyl groups is 1. The molecule has 1 aromatic rings. The number of rotatable bonds is 4. The topological polar surface area (TPSA) is 87.1 Å². The fraction of sp³-hybridized carbons (Fsp3) is 0.429. The van der Waals surface area contributed by atoms with Crippen molar-refractivity contribution in [1.29, 1.82) is 0 Å². The summed E-state index contributed by atoms with van der Waals surface area (Å²) in [5.41, 5.74) is 0. The van der Waals surface area contributed by atoms with Crippen LogP contribution < -0.4 is 4.74 Å². The zero-order chi connectivity index (χ0) is 15.6. The van der Waals surface area contributed by atoms with Crippen molar-refractivity contribution in [2.45, 2.75) is 31.6 Å². The van der Waals surface area contributed by atoms with Crippen LogP contribution in [0.2, 0.25) is 0 Å². The van der Waals surface area contributed by atoms with Gasteiger partial charge in [0, 0.05) is 13.0 Å². The van der Waals surface area contributed by atoms with Crippen LogP contribution in [0.1, 0.15) is 13.3 Å². The molecule has 0 spiro atoms. The first-order chi connectivity index (χ1) is 9.90. The van der Waals surface area contributed by atoms with Crippen LogP contribution in [-0.2, 0) is 9.59 Å². The minimum absolute atomic E-state index is 0.0203. The Morgan fingerprint density at radius 1 is 1.43 bits per heavy atom. The van der Waals surface area contributed by atoms with Gasteiger partial charge in [0.1, 0.15) is 6.04 Å². The van der Waals surface area contributed by atoms with Crippen LogP contribution in [0.25, 0.3) is 0 Å². The Morgan fingerprint density at radius 3 is 2.71 bits per heavy atom. The predicted molar refractivity (Wildman–Crippen MR) is 70.3 cm³/mol. The van der Waals surface area contributed by atoms with Gasteiger partial charge in [0.2, 0.25) is 0 Å². The number of likely N-dealkylation sites (tertiary alicyclic amines) is 1. The lowest BCUT2D eigenvalue weighted by atomic mass is 10.2. The van der Waals surface area contributed by atoms with E-state index in [0.29, 0.717) is 0 Å². The van der Waals surface area contributed by atoms with Crippen LogP contribution in [0.3, 0.4) is 0 Å².